The summed E-state index contributed by atoms with van der Waals surface area (Å²) in [6.07, 6.45) is 1.79. The molecular formula is C26H26N2O8. The Morgan fingerprint density at radius 3 is 2.67 bits per heavy atom. The normalized spacial score (nSPS) is 12.9. The lowest BCUT2D eigenvalue weighted by Gasteiger charge is -2.13. The first-order valence-electron chi connectivity index (χ1n) is 11.2. The minimum Gasteiger partial charge on any atom is -0.493 e. The Morgan fingerprint density at radius 1 is 1.11 bits per heavy atom. The third-order valence-electron chi connectivity index (χ3n) is 5.46. The van der Waals surface area contributed by atoms with Crippen molar-refractivity contribution in [3.05, 3.63) is 65.1 Å². The third kappa shape index (κ3) is 5.77. The van der Waals surface area contributed by atoms with Gasteiger partial charge in [-0.25, -0.2) is 4.79 Å². The van der Waals surface area contributed by atoms with Crippen LogP contribution in [0.5, 0.6) is 23.0 Å². The molecule has 1 unspecified atom stereocenters. The second-order valence-corrected chi connectivity index (χ2v) is 7.97. The molecule has 3 aromatic rings. The SMILES string of the molecule is COc1cc(/C=C/C(=O)OC(C)C(=O)Nc2ccc3c(c2)OCO3)ccc1OCc1c(C)noc1C. The summed E-state index contributed by atoms with van der Waals surface area (Å²) in [6.45, 7) is 5.58. The van der Waals surface area contributed by atoms with Crippen LogP contribution in [-0.2, 0) is 20.9 Å². The molecule has 0 saturated carbocycles. The molecule has 0 saturated heterocycles. The Kier molecular flexibility index (Phi) is 7.43. The first kappa shape index (κ1) is 24.6. The van der Waals surface area contributed by atoms with E-state index in [2.05, 4.69) is 10.5 Å². The number of benzene rings is 2. The smallest absolute Gasteiger partial charge is 0.331 e. The van der Waals surface area contributed by atoms with Crippen LogP contribution < -0.4 is 24.3 Å². The monoisotopic (exact) mass is 494 g/mol. The number of carbonyl (C=O) groups excluding carboxylic acids is 2. The molecule has 1 aromatic heterocycles. The molecule has 36 heavy (non-hydrogen) atoms. The van der Waals surface area contributed by atoms with E-state index in [1.54, 1.807) is 42.5 Å². The van der Waals surface area contributed by atoms with Crippen molar-refractivity contribution in [3.63, 3.8) is 0 Å². The average molecular weight is 495 g/mol. The zero-order valence-electron chi connectivity index (χ0n) is 20.3. The van der Waals surface area contributed by atoms with Crippen LogP contribution in [-0.4, -0.2) is 37.0 Å². The van der Waals surface area contributed by atoms with Gasteiger partial charge in [0.05, 0.1) is 18.4 Å². The number of hydrogen-bond donors (Lipinski definition) is 1. The average Bonchev–Trinajstić information content (AvgIpc) is 3.47. The Morgan fingerprint density at radius 2 is 1.92 bits per heavy atom. The first-order chi connectivity index (χ1) is 17.3. The number of aryl methyl sites for hydroxylation is 2. The molecule has 1 atom stereocenters. The molecule has 0 spiro atoms. The van der Waals surface area contributed by atoms with Gasteiger partial charge >= 0.3 is 5.97 Å². The van der Waals surface area contributed by atoms with Gasteiger partial charge in [0.1, 0.15) is 12.4 Å². The van der Waals surface area contributed by atoms with Crippen molar-refractivity contribution in [1.29, 1.82) is 0 Å². The Labute approximate surface area is 207 Å². The predicted octanol–water partition coefficient (Wildman–Crippen LogP) is 4.19. The summed E-state index contributed by atoms with van der Waals surface area (Å²) in [5.74, 6) is 1.73. The van der Waals surface area contributed by atoms with Crippen LogP contribution in [0.25, 0.3) is 6.08 Å². The van der Waals surface area contributed by atoms with Gasteiger partial charge in [-0.15, -0.1) is 0 Å². The molecule has 0 fully saturated rings. The van der Waals surface area contributed by atoms with Gasteiger partial charge in [0.25, 0.3) is 5.91 Å². The van der Waals surface area contributed by atoms with Crippen LogP contribution in [0.2, 0.25) is 0 Å². The minimum atomic E-state index is -1.01. The van der Waals surface area contributed by atoms with E-state index in [0.29, 0.717) is 40.0 Å². The van der Waals surface area contributed by atoms with Crippen molar-refractivity contribution in [1.82, 2.24) is 5.16 Å². The van der Waals surface area contributed by atoms with Crippen LogP contribution in [0, 0.1) is 13.8 Å². The van der Waals surface area contributed by atoms with E-state index >= 15 is 0 Å². The van der Waals surface area contributed by atoms with Crippen molar-refractivity contribution in [2.75, 3.05) is 19.2 Å². The molecule has 0 radical (unpaired) electrons. The number of fused-ring (bicyclic) bond motifs is 1. The van der Waals surface area contributed by atoms with Crippen molar-refractivity contribution in [2.45, 2.75) is 33.5 Å². The second kappa shape index (κ2) is 10.9. The number of methoxy groups -OCH3 is 1. The molecule has 2 aromatic carbocycles. The zero-order chi connectivity index (χ0) is 25.7. The highest BCUT2D eigenvalue weighted by molar-refractivity contribution is 5.96. The number of rotatable bonds is 9. The molecule has 0 aliphatic carbocycles. The number of aromatic nitrogens is 1. The summed E-state index contributed by atoms with van der Waals surface area (Å²) >= 11 is 0. The fourth-order valence-corrected chi connectivity index (χ4v) is 3.41. The Hall–Kier alpha value is -4.47. The van der Waals surface area contributed by atoms with Gasteiger partial charge in [0, 0.05) is 17.8 Å². The van der Waals surface area contributed by atoms with E-state index in [1.807, 2.05) is 13.8 Å². The fourth-order valence-electron chi connectivity index (χ4n) is 3.41. The molecule has 0 bridgehead atoms. The highest BCUT2D eigenvalue weighted by Gasteiger charge is 2.19. The van der Waals surface area contributed by atoms with Crippen molar-refractivity contribution in [2.24, 2.45) is 0 Å². The second-order valence-electron chi connectivity index (χ2n) is 7.97. The maximum absolute atomic E-state index is 12.4. The van der Waals surface area contributed by atoms with Gasteiger partial charge in [-0.2, -0.15) is 0 Å². The zero-order valence-corrected chi connectivity index (χ0v) is 20.3. The number of esters is 1. The van der Waals surface area contributed by atoms with Gasteiger partial charge in [-0.3, -0.25) is 4.79 Å². The summed E-state index contributed by atoms with van der Waals surface area (Å²) in [5.41, 5.74) is 2.83. The van der Waals surface area contributed by atoms with Gasteiger partial charge < -0.3 is 33.5 Å². The summed E-state index contributed by atoms with van der Waals surface area (Å²) in [4.78, 5) is 24.7. The number of anilines is 1. The molecule has 1 aliphatic rings. The maximum Gasteiger partial charge on any atom is 0.331 e. The molecule has 1 N–H and O–H groups in total. The lowest BCUT2D eigenvalue weighted by molar-refractivity contribution is -0.148. The van der Waals surface area contributed by atoms with Crippen molar-refractivity contribution in [3.8, 4) is 23.0 Å². The van der Waals surface area contributed by atoms with Gasteiger partial charge in [0.2, 0.25) is 6.79 Å². The van der Waals surface area contributed by atoms with E-state index in [4.69, 9.17) is 28.2 Å². The summed E-state index contributed by atoms with van der Waals surface area (Å²) in [5, 5.41) is 6.60. The number of amides is 1. The highest BCUT2D eigenvalue weighted by Crippen LogP contribution is 2.34. The first-order valence-corrected chi connectivity index (χ1v) is 11.2. The molecule has 4 rings (SSSR count). The number of nitrogens with one attached hydrogen (secondary N) is 1. The fraction of sp³-hybridized carbons (Fsp3) is 0.269. The third-order valence-corrected chi connectivity index (χ3v) is 5.46. The molecule has 10 heteroatoms. The maximum atomic E-state index is 12.4. The standard InChI is InChI=1S/C26H26N2O8/c1-15-20(16(2)36-28-15)13-32-21-8-5-18(11-23(21)31-4)6-10-25(29)35-17(3)26(30)27-19-7-9-22-24(12-19)34-14-33-22/h5-12,17H,13-14H2,1-4H3,(H,27,30)/b10-6+. The van der Waals surface area contributed by atoms with Crippen LogP contribution in [0.4, 0.5) is 5.69 Å². The lowest BCUT2D eigenvalue weighted by atomic mass is 10.2. The van der Waals surface area contributed by atoms with Crippen LogP contribution >= 0.6 is 0 Å². The van der Waals surface area contributed by atoms with E-state index < -0.39 is 18.0 Å². The predicted molar refractivity (Wildman–Crippen MR) is 129 cm³/mol. The molecule has 10 nitrogen and oxygen atoms in total. The van der Waals surface area contributed by atoms with E-state index in [0.717, 1.165) is 11.3 Å². The quantitative estimate of drug-likeness (QED) is 0.345. The topological polar surface area (TPSA) is 118 Å². The molecular weight excluding hydrogens is 468 g/mol. The number of ether oxygens (including phenoxy) is 5. The summed E-state index contributed by atoms with van der Waals surface area (Å²) in [6, 6.07) is 10.2. The van der Waals surface area contributed by atoms with E-state index in [-0.39, 0.29) is 13.4 Å². The Balaban J connectivity index is 1.31. The van der Waals surface area contributed by atoms with Crippen molar-refractivity contribution < 1.29 is 37.8 Å². The number of carbonyl (C=O) groups is 2. The van der Waals surface area contributed by atoms with E-state index in [1.165, 1.54) is 20.1 Å². The molecule has 188 valence electrons. The van der Waals surface area contributed by atoms with Crippen molar-refractivity contribution >= 4 is 23.6 Å². The minimum absolute atomic E-state index is 0.136. The molecule has 1 aliphatic heterocycles. The van der Waals surface area contributed by atoms with Crippen LogP contribution in [0.3, 0.4) is 0 Å². The molecule has 1 amide bonds. The summed E-state index contributed by atoms with van der Waals surface area (Å²) < 4.78 is 32.2. The highest BCUT2D eigenvalue weighted by atomic mass is 16.7. The summed E-state index contributed by atoms with van der Waals surface area (Å²) in [7, 11) is 1.53. The van der Waals surface area contributed by atoms with Gasteiger partial charge in [-0.05, 0) is 56.7 Å². The largest absolute Gasteiger partial charge is 0.493 e. The number of nitrogens with zero attached hydrogens (tertiary/aromatic N) is 1. The van der Waals surface area contributed by atoms with Crippen LogP contribution in [0.1, 0.15) is 29.5 Å². The van der Waals surface area contributed by atoms with E-state index in [9.17, 15) is 9.59 Å². The Bertz CT molecular complexity index is 1280. The van der Waals surface area contributed by atoms with Crippen LogP contribution in [0.15, 0.2) is 47.0 Å². The number of hydrogen-bond acceptors (Lipinski definition) is 9. The lowest BCUT2D eigenvalue weighted by Crippen LogP contribution is -2.29. The van der Waals surface area contributed by atoms with Gasteiger partial charge in [-0.1, -0.05) is 11.2 Å². The molecule has 2 heterocycles. The van der Waals surface area contributed by atoms with Gasteiger partial charge in [0.15, 0.2) is 29.1 Å².